The highest BCUT2D eigenvalue weighted by atomic mass is 19.4. The second-order valence-corrected chi connectivity index (χ2v) is 6.86. The van der Waals surface area contributed by atoms with Gasteiger partial charge in [0.2, 0.25) is 0 Å². The van der Waals surface area contributed by atoms with Crippen LogP contribution in [0.4, 0.5) is 19.0 Å². The van der Waals surface area contributed by atoms with Gasteiger partial charge in [-0.3, -0.25) is 0 Å². The molecule has 1 fully saturated rings. The van der Waals surface area contributed by atoms with Gasteiger partial charge in [0.1, 0.15) is 17.1 Å². The number of hydrogen-bond acceptors (Lipinski definition) is 6. The van der Waals surface area contributed by atoms with Gasteiger partial charge in [-0.1, -0.05) is 12.8 Å². The number of rotatable bonds is 3. The van der Waals surface area contributed by atoms with E-state index in [4.69, 9.17) is 0 Å². The number of halogens is 3. The molecule has 7 nitrogen and oxygen atoms in total. The first-order valence-electron chi connectivity index (χ1n) is 8.89. The van der Waals surface area contributed by atoms with Gasteiger partial charge < -0.3 is 20.5 Å². The van der Waals surface area contributed by atoms with Crippen molar-refractivity contribution in [3.63, 3.8) is 0 Å². The lowest BCUT2D eigenvalue weighted by Crippen LogP contribution is -2.36. The predicted octanol–water partition coefficient (Wildman–Crippen LogP) is 3.46. The lowest BCUT2D eigenvalue weighted by molar-refractivity contribution is -0.137. The van der Waals surface area contributed by atoms with E-state index in [1.54, 1.807) is 12.3 Å². The molecule has 1 aliphatic rings. The fraction of sp³-hybridized carbons (Fsp3) is 0.389. The minimum Gasteiger partial charge on any atom is -0.506 e. The van der Waals surface area contributed by atoms with E-state index < -0.39 is 23.6 Å². The molecule has 1 aliphatic carbocycles. The number of H-pyrrole nitrogens is 1. The second kappa shape index (κ2) is 6.93. The van der Waals surface area contributed by atoms with Crippen molar-refractivity contribution in [3.05, 3.63) is 30.1 Å². The molecule has 0 bridgehead atoms. The SMILES string of the molecule is Oc1cc(C(F)(F)F)cnc1-c1nnc(NC2CCCCC2O)c2[nH]ccc12. The number of alkyl halides is 3. The molecule has 2 unspecified atom stereocenters. The third kappa shape index (κ3) is 3.35. The fourth-order valence-electron chi connectivity index (χ4n) is 3.49. The van der Waals surface area contributed by atoms with Crippen LogP contribution in [0.2, 0.25) is 0 Å². The summed E-state index contributed by atoms with van der Waals surface area (Å²) in [4.78, 5) is 6.78. The standard InChI is InChI=1S/C18H18F3N5O2/c19-18(20,21)9-7-13(28)16(23-8-9)14-10-5-6-22-15(10)17(26-25-14)24-11-3-1-2-4-12(11)27/h5-8,11-12,22,27-28H,1-4H2,(H,24,26). The maximum absolute atomic E-state index is 12.8. The number of fused-ring (bicyclic) bond motifs is 1. The van der Waals surface area contributed by atoms with Crippen LogP contribution in [0.15, 0.2) is 24.5 Å². The van der Waals surface area contributed by atoms with E-state index in [0.717, 1.165) is 19.3 Å². The van der Waals surface area contributed by atoms with Crippen LogP contribution in [0.25, 0.3) is 22.3 Å². The molecule has 148 valence electrons. The first kappa shape index (κ1) is 18.5. The lowest BCUT2D eigenvalue weighted by atomic mass is 9.92. The third-order valence-corrected chi connectivity index (χ3v) is 4.96. The normalized spacial score (nSPS) is 20.4. The molecule has 10 heteroatoms. The first-order chi connectivity index (χ1) is 13.3. The van der Waals surface area contributed by atoms with Crippen LogP contribution in [0.5, 0.6) is 5.75 Å². The van der Waals surface area contributed by atoms with Gasteiger partial charge in [-0.15, -0.1) is 10.2 Å². The van der Waals surface area contributed by atoms with Crippen LogP contribution in [0.1, 0.15) is 31.2 Å². The van der Waals surface area contributed by atoms with E-state index in [-0.39, 0.29) is 17.4 Å². The van der Waals surface area contributed by atoms with Crippen molar-refractivity contribution in [3.8, 4) is 17.1 Å². The van der Waals surface area contributed by atoms with Gasteiger partial charge in [0, 0.05) is 17.8 Å². The molecular formula is C18H18F3N5O2. The summed E-state index contributed by atoms with van der Waals surface area (Å²) in [6.07, 6.45) is 0.682. The Hall–Kier alpha value is -2.88. The third-order valence-electron chi connectivity index (χ3n) is 4.96. The van der Waals surface area contributed by atoms with E-state index in [2.05, 4.69) is 25.5 Å². The van der Waals surface area contributed by atoms with Gasteiger partial charge in [0.25, 0.3) is 0 Å². The van der Waals surface area contributed by atoms with Crippen LogP contribution >= 0.6 is 0 Å². The topological polar surface area (TPSA) is 107 Å². The maximum Gasteiger partial charge on any atom is 0.418 e. The molecule has 0 aliphatic heterocycles. The Morgan fingerprint density at radius 1 is 1.14 bits per heavy atom. The number of aromatic amines is 1. The highest BCUT2D eigenvalue weighted by molar-refractivity contribution is 5.98. The van der Waals surface area contributed by atoms with Crippen molar-refractivity contribution in [2.45, 2.75) is 44.0 Å². The molecule has 3 aromatic heterocycles. The summed E-state index contributed by atoms with van der Waals surface area (Å²) in [7, 11) is 0. The lowest BCUT2D eigenvalue weighted by Gasteiger charge is -2.28. The number of nitrogens with zero attached hydrogens (tertiary/aromatic N) is 3. The smallest absolute Gasteiger partial charge is 0.418 e. The number of aromatic hydroxyl groups is 1. The van der Waals surface area contributed by atoms with E-state index in [1.807, 2.05) is 0 Å². The molecule has 0 saturated heterocycles. The molecule has 28 heavy (non-hydrogen) atoms. The zero-order chi connectivity index (χ0) is 19.9. The summed E-state index contributed by atoms with van der Waals surface area (Å²) < 4.78 is 38.4. The van der Waals surface area contributed by atoms with Gasteiger partial charge in [0.05, 0.1) is 23.2 Å². The summed E-state index contributed by atoms with van der Waals surface area (Å²) >= 11 is 0. The van der Waals surface area contributed by atoms with E-state index in [1.165, 1.54) is 0 Å². The maximum atomic E-state index is 12.8. The minimum atomic E-state index is -4.60. The van der Waals surface area contributed by atoms with Crippen LogP contribution in [0, 0.1) is 0 Å². The Morgan fingerprint density at radius 2 is 1.93 bits per heavy atom. The van der Waals surface area contributed by atoms with Crippen LogP contribution in [0.3, 0.4) is 0 Å². The number of aromatic nitrogens is 4. The minimum absolute atomic E-state index is 0.0886. The summed E-state index contributed by atoms with van der Waals surface area (Å²) in [5, 5.41) is 32.2. The second-order valence-electron chi connectivity index (χ2n) is 6.86. The van der Waals surface area contributed by atoms with Gasteiger partial charge >= 0.3 is 6.18 Å². The van der Waals surface area contributed by atoms with Crippen LogP contribution in [-0.2, 0) is 6.18 Å². The molecule has 3 heterocycles. The highest BCUT2D eigenvalue weighted by Crippen LogP contribution is 2.37. The van der Waals surface area contributed by atoms with E-state index in [0.29, 0.717) is 35.4 Å². The molecular weight excluding hydrogens is 375 g/mol. The number of hydrogen-bond donors (Lipinski definition) is 4. The average molecular weight is 393 g/mol. The van der Waals surface area contributed by atoms with Gasteiger partial charge in [-0.25, -0.2) is 4.98 Å². The fourth-order valence-corrected chi connectivity index (χ4v) is 3.49. The summed E-state index contributed by atoms with van der Waals surface area (Å²) in [5.41, 5.74) is -0.396. The van der Waals surface area contributed by atoms with Crippen molar-refractivity contribution >= 4 is 16.7 Å². The van der Waals surface area contributed by atoms with Gasteiger partial charge in [-0.2, -0.15) is 13.2 Å². The monoisotopic (exact) mass is 393 g/mol. The number of aliphatic hydroxyl groups is 1. The van der Waals surface area contributed by atoms with E-state index >= 15 is 0 Å². The number of pyridine rings is 1. The first-order valence-corrected chi connectivity index (χ1v) is 8.89. The Morgan fingerprint density at radius 3 is 2.64 bits per heavy atom. The number of nitrogens with one attached hydrogen (secondary N) is 2. The Bertz CT molecular complexity index is 1000. The Kier molecular flexibility index (Phi) is 4.58. The molecule has 0 spiro atoms. The van der Waals surface area contributed by atoms with Crippen molar-refractivity contribution in [2.75, 3.05) is 5.32 Å². The summed E-state index contributed by atoms with van der Waals surface area (Å²) in [6, 6.07) is 2.14. The summed E-state index contributed by atoms with van der Waals surface area (Å²) in [6.45, 7) is 0. The van der Waals surface area contributed by atoms with E-state index in [9.17, 15) is 23.4 Å². The predicted molar refractivity (Wildman–Crippen MR) is 95.7 cm³/mol. The highest BCUT2D eigenvalue weighted by Gasteiger charge is 2.32. The Balaban J connectivity index is 1.71. The number of aliphatic hydroxyl groups excluding tert-OH is 1. The van der Waals surface area contributed by atoms with Crippen molar-refractivity contribution in [1.82, 2.24) is 20.2 Å². The van der Waals surface area contributed by atoms with Gasteiger partial charge in [-0.05, 0) is 25.0 Å². The largest absolute Gasteiger partial charge is 0.506 e. The molecule has 1 saturated carbocycles. The molecule has 3 aromatic rings. The Labute approximate surface area is 157 Å². The quantitative estimate of drug-likeness (QED) is 0.543. The molecule has 4 N–H and O–H groups in total. The average Bonchev–Trinajstić information content (AvgIpc) is 3.13. The molecule has 2 atom stereocenters. The number of anilines is 1. The van der Waals surface area contributed by atoms with Crippen molar-refractivity contribution < 1.29 is 23.4 Å². The molecule has 0 aromatic carbocycles. The summed E-state index contributed by atoms with van der Waals surface area (Å²) in [5.74, 6) is -0.198. The zero-order valence-electron chi connectivity index (χ0n) is 14.7. The molecule has 0 radical (unpaired) electrons. The van der Waals surface area contributed by atoms with Gasteiger partial charge in [0.15, 0.2) is 5.82 Å². The van der Waals surface area contributed by atoms with Crippen LogP contribution < -0.4 is 5.32 Å². The molecule has 0 amide bonds. The zero-order valence-corrected chi connectivity index (χ0v) is 14.7. The molecule has 4 rings (SSSR count). The van der Waals surface area contributed by atoms with Crippen molar-refractivity contribution in [1.29, 1.82) is 0 Å². The van der Waals surface area contributed by atoms with Crippen molar-refractivity contribution in [2.24, 2.45) is 0 Å². The van der Waals surface area contributed by atoms with Crippen LogP contribution in [-0.4, -0.2) is 42.5 Å².